The largest absolute Gasteiger partial charge is 0.329 e. The molecule has 0 aliphatic carbocycles. The van der Waals surface area contributed by atoms with E-state index in [-0.39, 0.29) is 0 Å². The van der Waals surface area contributed by atoms with E-state index in [0.717, 1.165) is 12.8 Å². The van der Waals surface area contributed by atoms with Gasteiger partial charge in [0.15, 0.2) is 11.2 Å². The molecule has 0 aromatic carbocycles. The first-order valence-corrected chi connectivity index (χ1v) is 5.76. The van der Waals surface area contributed by atoms with Gasteiger partial charge in [0.05, 0.1) is 0 Å². The lowest BCUT2D eigenvalue weighted by molar-refractivity contribution is 0.647. The highest BCUT2D eigenvalue weighted by atomic mass is 16.2. The zero-order chi connectivity index (χ0) is 13.3. The highest BCUT2D eigenvalue weighted by Gasteiger charge is 2.15. The van der Waals surface area contributed by atoms with Crippen LogP contribution < -0.4 is 22.5 Å². The van der Waals surface area contributed by atoms with Gasteiger partial charge in [-0.15, -0.1) is 0 Å². The average Bonchev–Trinajstić information content (AvgIpc) is 2.72. The van der Waals surface area contributed by atoms with E-state index in [2.05, 4.69) is 22.3 Å². The molecule has 0 spiro atoms. The molecule has 0 amide bonds. The molecule has 0 atom stereocenters. The number of nitrogen functional groups attached to an aromatic ring is 1. The maximum absolute atomic E-state index is 11.9. The fourth-order valence-electron chi connectivity index (χ4n) is 1.88. The van der Waals surface area contributed by atoms with Crippen molar-refractivity contribution in [3.8, 4) is 0 Å². The average molecular weight is 252 g/mol. The van der Waals surface area contributed by atoms with Crippen molar-refractivity contribution < 1.29 is 0 Å². The van der Waals surface area contributed by atoms with Gasteiger partial charge in [-0.25, -0.2) is 10.6 Å². The van der Waals surface area contributed by atoms with Crippen LogP contribution in [0, 0.1) is 0 Å². The number of fused-ring (bicyclic) bond motifs is 1. The first kappa shape index (κ1) is 12.4. The third kappa shape index (κ3) is 1.80. The Morgan fingerprint density at radius 2 is 2.17 bits per heavy atom. The van der Waals surface area contributed by atoms with E-state index in [1.165, 1.54) is 4.57 Å². The van der Waals surface area contributed by atoms with E-state index in [1.54, 1.807) is 11.6 Å². The second-order valence-electron chi connectivity index (χ2n) is 4.08. The highest BCUT2D eigenvalue weighted by molar-refractivity contribution is 5.73. The quantitative estimate of drug-likeness (QED) is 0.502. The van der Waals surface area contributed by atoms with Crippen molar-refractivity contribution in [3.63, 3.8) is 0 Å². The Labute approximate surface area is 102 Å². The minimum Gasteiger partial charge on any atom is -0.303 e. The maximum atomic E-state index is 11.9. The number of rotatable bonds is 4. The SMILES string of the molecule is CCCCn1c(NN)nc2c1c(=O)[nH]c(=O)n2C. The van der Waals surface area contributed by atoms with Crippen LogP contribution in [0.1, 0.15) is 19.8 Å². The van der Waals surface area contributed by atoms with E-state index in [4.69, 9.17) is 5.84 Å². The topological polar surface area (TPSA) is 111 Å². The first-order chi connectivity index (χ1) is 8.60. The van der Waals surface area contributed by atoms with Gasteiger partial charge in [-0.2, -0.15) is 4.98 Å². The number of hydrazine groups is 1. The molecule has 0 bridgehead atoms. The molecular weight excluding hydrogens is 236 g/mol. The smallest absolute Gasteiger partial charge is 0.303 e. The van der Waals surface area contributed by atoms with Crippen LogP contribution in [-0.2, 0) is 13.6 Å². The predicted molar refractivity (Wildman–Crippen MR) is 68.3 cm³/mol. The van der Waals surface area contributed by atoms with Crippen molar-refractivity contribution in [2.45, 2.75) is 26.3 Å². The van der Waals surface area contributed by atoms with Crippen LogP contribution >= 0.6 is 0 Å². The predicted octanol–water partition coefficient (Wildman–Crippen LogP) is -0.491. The molecule has 0 saturated heterocycles. The highest BCUT2D eigenvalue weighted by Crippen LogP contribution is 2.15. The normalized spacial score (nSPS) is 11.1. The van der Waals surface area contributed by atoms with E-state index in [9.17, 15) is 9.59 Å². The van der Waals surface area contributed by atoms with Gasteiger partial charge in [-0.05, 0) is 6.42 Å². The molecule has 0 saturated carbocycles. The van der Waals surface area contributed by atoms with E-state index in [1.807, 2.05) is 0 Å². The summed E-state index contributed by atoms with van der Waals surface area (Å²) < 4.78 is 2.98. The van der Waals surface area contributed by atoms with Gasteiger partial charge in [0, 0.05) is 13.6 Å². The van der Waals surface area contributed by atoms with Crippen molar-refractivity contribution in [1.29, 1.82) is 0 Å². The Kier molecular flexibility index (Phi) is 3.19. The number of nitrogens with zero attached hydrogens (tertiary/aromatic N) is 3. The second-order valence-corrected chi connectivity index (χ2v) is 4.08. The monoisotopic (exact) mass is 252 g/mol. The number of aromatic nitrogens is 4. The number of aromatic amines is 1. The summed E-state index contributed by atoms with van der Waals surface area (Å²) in [6, 6.07) is 0. The molecule has 0 fully saturated rings. The molecule has 4 N–H and O–H groups in total. The number of imidazole rings is 1. The molecule has 0 unspecified atom stereocenters. The van der Waals surface area contributed by atoms with Crippen LogP contribution in [0.5, 0.6) is 0 Å². The summed E-state index contributed by atoms with van der Waals surface area (Å²) in [7, 11) is 1.55. The lowest BCUT2D eigenvalue weighted by atomic mass is 10.3. The van der Waals surface area contributed by atoms with Crippen LogP contribution in [0.2, 0.25) is 0 Å². The number of nitrogens with one attached hydrogen (secondary N) is 2. The summed E-state index contributed by atoms with van der Waals surface area (Å²) in [5.41, 5.74) is 2.20. The second kappa shape index (κ2) is 4.65. The first-order valence-electron chi connectivity index (χ1n) is 5.76. The van der Waals surface area contributed by atoms with Gasteiger partial charge >= 0.3 is 5.69 Å². The molecule has 8 nitrogen and oxygen atoms in total. The summed E-state index contributed by atoms with van der Waals surface area (Å²) in [6.07, 6.45) is 1.87. The van der Waals surface area contributed by atoms with Crippen molar-refractivity contribution in [2.24, 2.45) is 12.9 Å². The minimum atomic E-state index is -0.490. The summed E-state index contributed by atoms with van der Waals surface area (Å²) in [6.45, 7) is 2.67. The van der Waals surface area contributed by atoms with Crippen molar-refractivity contribution >= 4 is 17.1 Å². The summed E-state index contributed by atoms with van der Waals surface area (Å²) >= 11 is 0. The van der Waals surface area contributed by atoms with Gasteiger partial charge in [0.1, 0.15) is 0 Å². The lowest BCUT2D eigenvalue weighted by Gasteiger charge is -2.06. The van der Waals surface area contributed by atoms with Crippen LogP contribution in [0.3, 0.4) is 0 Å². The number of hydrogen-bond acceptors (Lipinski definition) is 5. The summed E-state index contributed by atoms with van der Waals surface area (Å²) in [5.74, 6) is 5.77. The molecule has 0 aliphatic rings. The zero-order valence-corrected chi connectivity index (χ0v) is 10.4. The lowest BCUT2D eigenvalue weighted by Crippen LogP contribution is -2.29. The number of unbranched alkanes of at least 4 members (excludes halogenated alkanes) is 1. The maximum Gasteiger partial charge on any atom is 0.329 e. The number of aryl methyl sites for hydroxylation is 2. The number of hydrogen-bond donors (Lipinski definition) is 3. The number of nitrogens with two attached hydrogens (primary N) is 1. The molecule has 2 aromatic rings. The number of H-pyrrole nitrogens is 1. The Hall–Kier alpha value is -2.09. The third-order valence-electron chi connectivity index (χ3n) is 2.87. The molecule has 0 radical (unpaired) electrons. The van der Waals surface area contributed by atoms with Crippen LogP contribution in [0.25, 0.3) is 11.2 Å². The van der Waals surface area contributed by atoms with Gasteiger partial charge in [-0.1, -0.05) is 13.3 Å². The minimum absolute atomic E-state index is 0.327. The summed E-state index contributed by atoms with van der Waals surface area (Å²) in [4.78, 5) is 29.8. The van der Waals surface area contributed by atoms with Gasteiger partial charge in [0.25, 0.3) is 5.56 Å². The van der Waals surface area contributed by atoms with Crippen LogP contribution in [-0.4, -0.2) is 19.1 Å². The van der Waals surface area contributed by atoms with Crippen molar-refractivity contribution in [2.75, 3.05) is 5.43 Å². The third-order valence-corrected chi connectivity index (χ3v) is 2.87. The Morgan fingerprint density at radius 3 is 2.78 bits per heavy atom. The van der Waals surface area contributed by atoms with E-state index >= 15 is 0 Å². The van der Waals surface area contributed by atoms with Crippen molar-refractivity contribution in [1.82, 2.24) is 19.1 Å². The molecular formula is C10H16N6O2. The molecule has 8 heteroatoms. The Bertz CT molecular complexity index is 680. The molecule has 2 aromatic heterocycles. The van der Waals surface area contributed by atoms with Gasteiger partial charge < -0.3 is 4.57 Å². The van der Waals surface area contributed by atoms with E-state index < -0.39 is 11.2 Å². The van der Waals surface area contributed by atoms with Gasteiger partial charge in [-0.3, -0.25) is 19.8 Å². The molecule has 2 heterocycles. The van der Waals surface area contributed by atoms with Crippen molar-refractivity contribution in [3.05, 3.63) is 20.8 Å². The standard InChI is InChI=1S/C10H16N6O2/c1-3-4-5-16-6-7(12-9(16)14-11)15(2)10(18)13-8(6)17/h3-5,11H2,1-2H3,(H,12,14)(H,13,17,18). The molecule has 18 heavy (non-hydrogen) atoms. The molecule has 0 aliphatic heterocycles. The molecule has 2 rings (SSSR count). The van der Waals surface area contributed by atoms with Crippen LogP contribution in [0.15, 0.2) is 9.59 Å². The van der Waals surface area contributed by atoms with E-state index in [0.29, 0.717) is 23.7 Å². The number of anilines is 1. The molecule has 98 valence electrons. The van der Waals surface area contributed by atoms with Gasteiger partial charge in [0.2, 0.25) is 5.95 Å². The Balaban J connectivity index is 2.78. The Morgan fingerprint density at radius 1 is 1.44 bits per heavy atom. The fourth-order valence-corrected chi connectivity index (χ4v) is 1.88. The fraction of sp³-hybridized carbons (Fsp3) is 0.500. The zero-order valence-electron chi connectivity index (χ0n) is 10.4. The summed E-state index contributed by atoms with van der Waals surface area (Å²) in [5, 5.41) is 0. The van der Waals surface area contributed by atoms with Crippen LogP contribution in [0.4, 0.5) is 5.95 Å².